The van der Waals surface area contributed by atoms with Gasteiger partial charge in [-0.25, -0.2) is 0 Å². The molecule has 19 heavy (non-hydrogen) atoms. The van der Waals surface area contributed by atoms with Gasteiger partial charge in [-0.3, -0.25) is 4.68 Å². The Morgan fingerprint density at radius 3 is 3.00 bits per heavy atom. The Bertz CT molecular complexity index is 420. The van der Waals surface area contributed by atoms with E-state index in [0.29, 0.717) is 19.4 Å². The third-order valence-corrected chi connectivity index (χ3v) is 4.30. The minimum absolute atomic E-state index is 0.153. The van der Waals surface area contributed by atoms with Gasteiger partial charge in [0, 0.05) is 19.4 Å². The monoisotopic (exact) mass is 330 g/mol. The normalized spacial score (nSPS) is 27.7. The van der Waals surface area contributed by atoms with Crippen LogP contribution in [0.1, 0.15) is 51.6 Å². The average Bonchev–Trinajstić information content (AvgIpc) is 2.72. The standard InChI is InChI=1S/C14H23BrN2O2/c1-3-5-11-9-14(18,6-8-19-11)13-12(15)10-16-17(13)7-4-2/h10-11,18H,3-9H2,1-2H3. The van der Waals surface area contributed by atoms with E-state index < -0.39 is 5.60 Å². The summed E-state index contributed by atoms with van der Waals surface area (Å²) in [5.74, 6) is 0. The van der Waals surface area contributed by atoms with Gasteiger partial charge < -0.3 is 9.84 Å². The van der Waals surface area contributed by atoms with Gasteiger partial charge in [-0.05, 0) is 28.8 Å². The fourth-order valence-corrected chi connectivity index (χ4v) is 3.53. The third kappa shape index (κ3) is 3.20. The van der Waals surface area contributed by atoms with Gasteiger partial charge in [0.15, 0.2) is 0 Å². The van der Waals surface area contributed by atoms with Crippen molar-refractivity contribution in [1.82, 2.24) is 9.78 Å². The molecule has 4 nitrogen and oxygen atoms in total. The van der Waals surface area contributed by atoms with Crippen LogP contribution in [0.25, 0.3) is 0 Å². The first-order valence-electron chi connectivity index (χ1n) is 7.16. The molecule has 2 heterocycles. The molecule has 0 radical (unpaired) electrons. The van der Waals surface area contributed by atoms with Crippen LogP contribution in [0.3, 0.4) is 0 Å². The van der Waals surface area contributed by atoms with Crippen molar-refractivity contribution in [1.29, 1.82) is 0 Å². The van der Waals surface area contributed by atoms with Crippen molar-refractivity contribution < 1.29 is 9.84 Å². The molecule has 1 aliphatic heterocycles. The van der Waals surface area contributed by atoms with E-state index in [-0.39, 0.29) is 6.10 Å². The summed E-state index contributed by atoms with van der Waals surface area (Å²) in [6.45, 7) is 5.72. The van der Waals surface area contributed by atoms with E-state index in [1.54, 1.807) is 6.20 Å². The van der Waals surface area contributed by atoms with Gasteiger partial charge in [0.05, 0.1) is 29.1 Å². The van der Waals surface area contributed by atoms with Crippen LogP contribution in [0, 0.1) is 0 Å². The number of aliphatic hydroxyl groups is 1. The maximum atomic E-state index is 11.0. The van der Waals surface area contributed by atoms with E-state index in [1.165, 1.54) is 0 Å². The van der Waals surface area contributed by atoms with Crippen molar-refractivity contribution in [2.45, 2.75) is 64.2 Å². The molecule has 0 aromatic carbocycles. The molecule has 108 valence electrons. The molecule has 0 amide bonds. The van der Waals surface area contributed by atoms with Gasteiger partial charge in [0.2, 0.25) is 0 Å². The van der Waals surface area contributed by atoms with Crippen LogP contribution >= 0.6 is 15.9 Å². The number of aromatic nitrogens is 2. The number of rotatable bonds is 5. The van der Waals surface area contributed by atoms with Crippen LogP contribution < -0.4 is 0 Å². The molecule has 1 N–H and O–H groups in total. The van der Waals surface area contributed by atoms with E-state index in [9.17, 15) is 5.11 Å². The molecule has 5 heteroatoms. The van der Waals surface area contributed by atoms with Crippen LogP contribution in [0.5, 0.6) is 0 Å². The molecule has 2 rings (SSSR count). The van der Waals surface area contributed by atoms with Crippen molar-refractivity contribution in [3.05, 3.63) is 16.4 Å². The van der Waals surface area contributed by atoms with Crippen molar-refractivity contribution in [2.75, 3.05) is 6.61 Å². The molecular weight excluding hydrogens is 308 g/mol. The number of hydrogen-bond acceptors (Lipinski definition) is 3. The Hall–Kier alpha value is -0.390. The summed E-state index contributed by atoms with van der Waals surface area (Å²) in [4.78, 5) is 0. The molecular formula is C14H23BrN2O2. The molecule has 1 fully saturated rings. The Labute approximate surface area is 123 Å². The van der Waals surface area contributed by atoms with Gasteiger partial charge in [0.1, 0.15) is 5.60 Å². The largest absolute Gasteiger partial charge is 0.383 e. The highest BCUT2D eigenvalue weighted by Crippen LogP contribution is 2.39. The van der Waals surface area contributed by atoms with Gasteiger partial charge in [0.25, 0.3) is 0 Å². The van der Waals surface area contributed by atoms with Crippen molar-refractivity contribution >= 4 is 15.9 Å². The first-order valence-corrected chi connectivity index (χ1v) is 7.95. The van der Waals surface area contributed by atoms with Crippen LogP contribution in [-0.2, 0) is 16.9 Å². The van der Waals surface area contributed by atoms with Gasteiger partial charge in [-0.15, -0.1) is 0 Å². The number of halogens is 1. The van der Waals surface area contributed by atoms with E-state index in [2.05, 4.69) is 34.9 Å². The van der Waals surface area contributed by atoms with E-state index in [1.807, 2.05) is 4.68 Å². The zero-order valence-corrected chi connectivity index (χ0v) is 13.3. The van der Waals surface area contributed by atoms with Crippen LogP contribution in [0.4, 0.5) is 0 Å². The second kappa shape index (κ2) is 6.37. The van der Waals surface area contributed by atoms with Crippen LogP contribution in [0.15, 0.2) is 10.7 Å². The smallest absolute Gasteiger partial charge is 0.112 e. The van der Waals surface area contributed by atoms with E-state index in [0.717, 1.165) is 36.0 Å². The van der Waals surface area contributed by atoms with Gasteiger partial charge in [-0.2, -0.15) is 5.10 Å². The zero-order valence-electron chi connectivity index (χ0n) is 11.7. The highest BCUT2D eigenvalue weighted by molar-refractivity contribution is 9.10. The second-order valence-corrected chi connectivity index (χ2v) is 6.19. The molecule has 0 spiro atoms. The van der Waals surface area contributed by atoms with Crippen molar-refractivity contribution in [3.63, 3.8) is 0 Å². The minimum Gasteiger partial charge on any atom is -0.383 e. The van der Waals surface area contributed by atoms with Crippen molar-refractivity contribution in [2.24, 2.45) is 0 Å². The van der Waals surface area contributed by atoms with Gasteiger partial charge in [-0.1, -0.05) is 20.3 Å². The van der Waals surface area contributed by atoms with Crippen molar-refractivity contribution in [3.8, 4) is 0 Å². The summed E-state index contributed by atoms with van der Waals surface area (Å²) >= 11 is 3.53. The summed E-state index contributed by atoms with van der Waals surface area (Å²) in [6.07, 6.45) is 6.33. The molecule has 0 saturated carbocycles. The first-order chi connectivity index (χ1) is 9.10. The number of aryl methyl sites for hydroxylation is 1. The first kappa shape index (κ1) is 15.0. The Balaban J connectivity index is 2.25. The number of ether oxygens (including phenoxy) is 1. The molecule has 0 bridgehead atoms. The Morgan fingerprint density at radius 2 is 2.32 bits per heavy atom. The van der Waals surface area contributed by atoms with E-state index >= 15 is 0 Å². The minimum atomic E-state index is -0.817. The third-order valence-electron chi connectivity index (χ3n) is 3.72. The SMILES string of the molecule is CCCC1CC(O)(c2c(Br)cnn2CCC)CCO1. The lowest BCUT2D eigenvalue weighted by atomic mass is 9.86. The summed E-state index contributed by atoms with van der Waals surface area (Å²) in [5.41, 5.74) is 0.0986. The summed E-state index contributed by atoms with van der Waals surface area (Å²) in [5, 5.41) is 15.4. The Morgan fingerprint density at radius 1 is 1.53 bits per heavy atom. The van der Waals surface area contributed by atoms with Crippen LogP contribution in [0.2, 0.25) is 0 Å². The predicted molar refractivity (Wildman–Crippen MR) is 78.0 cm³/mol. The molecule has 2 unspecified atom stereocenters. The number of hydrogen-bond donors (Lipinski definition) is 1. The fourth-order valence-electron chi connectivity index (χ4n) is 2.86. The molecule has 1 saturated heterocycles. The lowest BCUT2D eigenvalue weighted by Gasteiger charge is -2.37. The molecule has 1 aromatic heterocycles. The highest BCUT2D eigenvalue weighted by atomic mass is 79.9. The fraction of sp³-hybridized carbons (Fsp3) is 0.786. The van der Waals surface area contributed by atoms with Crippen LogP contribution in [-0.4, -0.2) is 27.6 Å². The molecule has 1 aliphatic rings. The molecule has 1 aromatic rings. The highest BCUT2D eigenvalue weighted by Gasteiger charge is 2.40. The maximum Gasteiger partial charge on any atom is 0.112 e. The summed E-state index contributed by atoms with van der Waals surface area (Å²) in [7, 11) is 0. The second-order valence-electron chi connectivity index (χ2n) is 5.33. The number of nitrogens with zero attached hydrogens (tertiary/aromatic N) is 2. The summed E-state index contributed by atoms with van der Waals surface area (Å²) in [6, 6.07) is 0. The maximum absolute atomic E-state index is 11.0. The Kier molecular flexibility index (Phi) is 5.03. The predicted octanol–water partition coefficient (Wildman–Crippen LogP) is 3.22. The lowest BCUT2D eigenvalue weighted by Crippen LogP contribution is -2.40. The topological polar surface area (TPSA) is 47.3 Å². The summed E-state index contributed by atoms with van der Waals surface area (Å²) < 4.78 is 8.58. The molecule has 2 atom stereocenters. The average molecular weight is 331 g/mol. The van der Waals surface area contributed by atoms with Gasteiger partial charge >= 0.3 is 0 Å². The lowest BCUT2D eigenvalue weighted by molar-refractivity contribution is -0.114. The zero-order chi connectivity index (χ0) is 13.9. The quantitative estimate of drug-likeness (QED) is 0.901. The van der Waals surface area contributed by atoms with E-state index in [4.69, 9.17) is 4.74 Å². The molecule has 0 aliphatic carbocycles.